The number of aromatic nitrogens is 2. The minimum absolute atomic E-state index is 0.205. The molecule has 0 aliphatic heterocycles. The SMILES string of the molecule is CCc1nc(C)c(C(=O)O)c(SCCOCC(C)C)n1. The van der Waals surface area contributed by atoms with Crippen LogP contribution in [0.25, 0.3) is 0 Å². The van der Waals surface area contributed by atoms with Crippen LogP contribution in [-0.4, -0.2) is 40.0 Å². The van der Waals surface area contributed by atoms with E-state index in [2.05, 4.69) is 23.8 Å². The van der Waals surface area contributed by atoms with Gasteiger partial charge in [-0.2, -0.15) is 0 Å². The van der Waals surface area contributed by atoms with E-state index in [4.69, 9.17) is 4.74 Å². The Morgan fingerprint density at radius 1 is 1.40 bits per heavy atom. The largest absolute Gasteiger partial charge is 0.478 e. The Morgan fingerprint density at radius 3 is 2.65 bits per heavy atom. The highest BCUT2D eigenvalue weighted by Crippen LogP contribution is 2.23. The van der Waals surface area contributed by atoms with Crippen molar-refractivity contribution in [3.63, 3.8) is 0 Å². The molecule has 0 unspecified atom stereocenters. The number of ether oxygens (including phenoxy) is 1. The summed E-state index contributed by atoms with van der Waals surface area (Å²) in [5, 5.41) is 9.80. The Kier molecular flexibility index (Phi) is 6.95. The van der Waals surface area contributed by atoms with Crippen molar-refractivity contribution >= 4 is 17.7 Å². The van der Waals surface area contributed by atoms with E-state index >= 15 is 0 Å². The summed E-state index contributed by atoms with van der Waals surface area (Å²) in [5.41, 5.74) is 0.728. The topological polar surface area (TPSA) is 72.3 Å². The maximum Gasteiger partial charge on any atom is 0.340 e. The summed E-state index contributed by atoms with van der Waals surface area (Å²) in [6, 6.07) is 0. The van der Waals surface area contributed by atoms with Crippen LogP contribution in [0.4, 0.5) is 0 Å². The van der Waals surface area contributed by atoms with Crippen LogP contribution in [0.15, 0.2) is 5.03 Å². The minimum Gasteiger partial charge on any atom is -0.478 e. The Balaban J connectivity index is 2.72. The van der Waals surface area contributed by atoms with E-state index in [9.17, 15) is 9.90 Å². The van der Waals surface area contributed by atoms with Gasteiger partial charge in [0.2, 0.25) is 0 Å². The van der Waals surface area contributed by atoms with Crippen molar-refractivity contribution in [1.82, 2.24) is 9.97 Å². The zero-order chi connectivity index (χ0) is 15.1. The van der Waals surface area contributed by atoms with Gasteiger partial charge in [0.15, 0.2) is 0 Å². The molecule has 0 saturated carbocycles. The lowest BCUT2D eigenvalue weighted by molar-refractivity contribution is 0.0690. The number of carboxylic acids is 1. The molecule has 112 valence electrons. The third-order valence-corrected chi connectivity index (χ3v) is 3.49. The molecule has 5 nitrogen and oxygen atoms in total. The van der Waals surface area contributed by atoms with Crippen LogP contribution >= 0.6 is 11.8 Å². The molecule has 1 aromatic heterocycles. The normalized spacial score (nSPS) is 11.1. The number of aromatic carboxylic acids is 1. The molecule has 0 aliphatic rings. The second-order valence-corrected chi connectivity index (χ2v) is 5.96. The van der Waals surface area contributed by atoms with Crippen molar-refractivity contribution in [2.75, 3.05) is 19.0 Å². The van der Waals surface area contributed by atoms with Crippen LogP contribution in [0.1, 0.15) is 42.6 Å². The summed E-state index contributed by atoms with van der Waals surface area (Å²) in [4.78, 5) is 19.8. The smallest absolute Gasteiger partial charge is 0.340 e. The van der Waals surface area contributed by atoms with Crippen LogP contribution < -0.4 is 0 Å². The first-order valence-corrected chi connectivity index (χ1v) is 7.75. The van der Waals surface area contributed by atoms with Gasteiger partial charge in [0, 0.05) is 18.8 Å². The van der Waals surface area contributed by atoms with Gasteiger partial charge in [-0.25, -0.2) is 14.8 Å². The molecule has 0 aromatic carbocycles. The van der Waals surface area contributed by atoms with Gasteiger partial charge >= 0.3 is 5.97 Å². The lowest BCUT2D eigenvalue weighted by Crippen LogP contribution is -2.10. The number of thioether (sulfide) groups is 1. The number of carbonyl (C=O) groups is 1. The second kappa shape index (κ2) is 8.21. The van der Waals surface area contributed by atoms with Crippen LogP contribution in [-0.2, 0) is 11.2 Å². The zero-order valence-corrected chi connectivity index (χ0v) is 13.3. The highest BCUT2D eigenvalue weighted by atomic mass is 32.2. The highest BCUT2D eigenvalue weighted by Gasteiger charge is 2.17. The predicted octanol–water partition coefficient (Wildman–Crippen LogP) is 2.81. The summed E-state index contributed by atoms with van der Waals surface area (Å²) in [6.45, 7) is 9.16. The second-order valence-electron chi connectivity index (χ2n) is 4.88. The molecule has 0 radical (unpaired) electrons. The van der Waals surface area contributed by atoms with Crippen molar-refractivity contribution in [3.8, 4) is 0 Å². The van der Waals surface area contributed by atoms with Crippen LogP contribution in [0, 0.1) is 12.8 Å². The van der Waals surface area contributed by atoms with E-state index in [1.807, 2.05) is 6.92 Å². The predicted molar refractivity (Wildman–Crippen MR) is 79.5 cm³/mol. The van der Waals surface area contributed by atoms with Gasteiger partial charge in [-0.1, -0.05) is 20.8 Å². The quantitative estimate of drug-likeness (QED) is 0.452. The Morgan fingerprint density at radius 2 is 2.10 bits per heavy atom. The zero-order valence-electron chi connectivity index (χ0n) is 12.5. The number of hydrogen-bond donors (Lipinski definition) is 1. The van der Waals surface area contributed by atoms with E-state index in [1.54, 1.807) is 6.92 Å². The van der Waals surface area contributed by atoms with E-state index in [1.165, 1.54) is 11.8 Å². The molecule has 20 heavy (non-hydrogen) atoms. The standard InChI is InChI=1S/C14H22N2O3S/c1-5-11-15-10(4)12(14(17)18)13(16-11)20-7-6-19-8-9(2)3/h9H,5-8H2,1-4H3,(H,17,18). The summed E-state index contributed by atoms with van der Waals surface area (Å²) in [6.07, 6.45) is 0.693. The first kappa shape index (κ1) is 16.9. The molecule has 0 bridgehead atoms. The fourth-order valence-corrected chi connectivity index (χ4v) is 2.57. The number of rotatable bonds is 8. The number of nitrogens with zero attached hydrogens (tertiary/aromatic N) is 2. The molecule has 0 amide bonds. The van der Waals surface area contributed by atoms with E-state index in [-0.39, 0.29) is 5.56 Å². The van der Waals surface area contributed by atoms with Gasteiger partial charge in [0.25, 0.3) is 0 Å². The van der Waals surface area contributed by atoms with Crippen molar-refractivity contribution in [2.45, 2.75) is 39.1 Å². The maximum absolute atomic E-state index is 11.3. The van der Waals surface area contributed by atoms with Gasteiger partial charge in [-0.05, 0) is 12.8 Å². The molecule has 1 N–H and O–H groups in total. The Hall–Kier alpha value is -1.14. The molecule has 0 spiro atoms. The third-order valence-electron chi connectivity index (χ3n) is 2.55. The lowest BCUT2D eigenvalue weighted by atomic mass is 10.2. The van der Waals surface area contributed by atoms with E-state index < -0.39 is 5.97 Å². The number of hydrogen-bond acceptors (Lipinski definition) is 5. The van der Waals surface area contributed by atoms with Gasteiger partial charge in [0.05, 0.1) is 12.3 Å². The van der Waals surface area contributed by atoms with Gasteiger partial charge < -0.3 is 9.84 Å². The Labute approximate surface area is 124 Å². The molecule has 0 saturated heterocycles. The summed E-state index contributed by atoms with van der Waals surface area (Å²) in [7, 11) is 0. The summed E-state index contributed by atoms with van der Waals surface area (Å²) in [5.74, 6) is 0.892. The highest BCUT2D eigenvalue weighted by molar-refractivity contribution is 7.99. The molecular weight excluding hydrogens is 276 g/mol. The maximum atomic E-state index is 11.3. The minimum atomic E-state index is -0.976. The number of aryl methyl sites for hydroxylation is 2. The first-order valence-electron chi connectivity index (χ1n) is 6.77. The van der Waals surface area contributed by atoms with Crippen molar-refractivity contribution in [1.29, 1.82) is 0 Å². The molecule has 1 aromatic rings. The van der Waals surface area contributed by atoms with Crippen molar-refractivity contribution < 1.29 is 14.6 Å². The monoisotopic (exact) mass is 298 g/mol. The third kappa shape index (κ3) is 5.09. The first-order chi connectivity index (χ1) is 9.45. The van der Waals surface area contributed by atoms with Crippen LogP contribution in [0.3, 0.4) is 0 Å². The van der Waals surface area contributed by atoms with Crippen molar-refractivity contribution in [3.05, 3.63) is 17.1 Å². The number of carboxylic acid groups (broad SMARTS) is 1. The molecule has 1 heterocycles. The van der Waals surface area contributed by atoms with Crippen LogP contribution in [0.5, 0.6) is 0 Å². The molecule has 1 rings (SSSR count). The summed E-state index contributed by atoms with van der Waals surface area (Å²) >= 11 is 1.41. The lowest BCUT2D eigenvalue weighted by Gasteiger charge is -2.10. The van der Waals surface area contributed by atoms with E-state index in [0.29, 0.717) is 41.2 Å². The fourth-order valence-electron chi connectivity index (χ4n) is 1.63. The van der Waals surface area contributed by atoms with Crippen molar-refractivity contribution in [2.24, 2.45) is 5.92 Å². The molecule has 0 atom stereocenters. The van der Waals surface area contributed by atoms with E-state index in [0.717, 1.165) is 6.61 Å². The molecule has 6 heteroatoms. The average molecular weight is 298 g/mol. The summed E-state index contributed by atoms with van der Waals surface area (Å²) < 4.78 is 5.49. The van der Waals surface area contributed by atoms with Gasteiger partial charge in [-0.3, -0.25) is 0 Å². The van der Waals surface area contributed by atoms with Gasteiger partial charge in [-0.15, -0.1) is 11.8 Å². The van der Waals surface area contributed by atoms with Crippen LogP contribution in [0.2, 0.25) is 0 Å². The molecule has 0 fully saturated rings. The molecule has 0 aliphatic carbocycles. The average Bonchev–Trinajstić information content (AvgIpc) is 2.36. The Bertz CT molecular complexity index is 464. The molecular formula is C14H22N2O3S. The fraction of sp³-hybridized carbons (Fsp3) is 0.643. The van der Waals surface area contributed by atoms with Gasteiger partial charge in [0.1, 0.15) is 16.4 Å².